The molecule has 5 N–H and O–H groups in total. The number of aliphatic hydroxyl groups is 2. The van der Waals surface area contributed by atoms with Crippen molar-refractivity contribution in [3.63, 3.8) is 0 Å². The summed E-state index contributed by atoms with van der Waals surface area (Å²) in [4.78, 5) is 8.33. The number of anilines is 1. The van der Waals surface area contributed by atoms with Gasteiger partial charge in [-0.3, -0.25) is 0 Å². The molecule has 0 radical (unpaired) electrons. The molecule has 180 valence electrons. The van der Waals surface area contributed by atoms with Crippen LogP contribution in [0.1, 0.15) is 46.7 Å². The minimum atomic E-state index is -2.90. The number of hydrogen-bond donors (Lipinski definition) is 4. The number of nitrogens with two attached hydrogens (primary N) is 1. The molecule has 0 fully saturated rings. The zero-order chi connectivity index (χ0) is 24.1. The van der Waals surface area contributed by atoms with Crippen molar-refractivity contribution in [2.45, 2.75) is 57.4 Å². The second kappa shape index (κ2) is 8.68. The molecule has 1 aliphatic carbocycles. The molecule has 0 amide bonds. The predicted octanol–water partition coefficient (Wildman–Crippen LogP) is 2.88. The Morgan fingerprint density at radius 3 is 2.79 bits per heavy atom. The van der Waals surface area contributed by atoms with Crippen LogP contribution in [-0.2, 0) is 19.4 Å². The van der Waals surface area contributed by atoms with E-state index in [2.05, 4.69) is 15.3 Å². The molecule has 3 aromatic rings. The largest absolute Gasteiger partial charge is 0.388 e. The first-order chi connectivity index (χ1) is 16.3. The average molecular weight is 473 g/mol. The van der Waals surface area contributed by atoms with Crippen molar-refractivity contribution < 1.29 is 23.4 Å². The molecular weight excluding hydrogens is 447 g/mol. The molecule has 0 bridgehead atoms. The second-order valence-corrected chi connectivity index (χ2v) is 8.97. The van der Waals surface area contributed by atoms with Gasteiger partial charge in [0.1, 0.15) is 35.8 Å². The fourth-order valence-corrected chi connectivity index (χ4v) is 5.23. The smallest absolute Gasteiger partial charge is 0.266 e. The highest BCUT2D eigenvalue weighted by Gasteiger charge is 2.36. The highest BCUT2D eigenvalue weighted by Crippen LogP contribution is 2.37. The molecule has 3 atom stereocenters. The second-order valence-electron chi connectivity index (χ2n) is 8.97. The summed E-state index contributed by atoms with van der Waals surface area (Å²) < 4.78 is 43.3. The third-order valence-electron chi connectivity index (χ3n) is 6.96. The summed E-state index contributed by atoms with van der Waals surface area (Å²) >= 11 is 0. The minimum Gasteiger partial charge on any atom is -0.388 e. The summed E-state index contributed by atoms with van der Waals surface area (Å²) in [6, 6.07) is 0.667. The number of fused-ring (bicyclic) bond motifs is 2. The Morgan fingerprint density at radius 1 is 1.24 bits per heavy atom. The van der Waals surface area contributed by atoms with E-state index in [1.807, 2.05) is 13.1 Å². The van der Waals surface area contributed by atoms with Gasteiger partial charge in [0.05, 0.1) is 17.0 Å². The van der Waals surface area contributed by atoms with Gasteiger partial charge in [0, 0.05) is 12.7 Å². The van der Waals surface area contributed by atoms with Crippen molar-refractivity contribution in [2.24, 2.45) is 0 Å². The summed E-state index contributed by atoms with van der Waals surface area (Å²) in [6.45, 7) is 2.81. The Hall–Kier alpha value is -2.95. The third kappa shape index (κ3) is 3.66. The van der Waals surface area contributed by atoms with Crippen molar-refractivity contribution in [1.82, 2.24) is 19.9 Å². The van der Waals surface area contributed by atoms with E-state index in [1.165, 1.54) is 12.4 Å². The summed E-state index contributed by atoms with van der Waals surface area (Å²) in [5.74, 6) is -0.481. The molecule has 3 heterocycles. The topological polar surface area (TPSA) is 109 Å². The fraction of sp³-hybridized carbons (Fsp3) is 0.417. The van der Waals surface area contributed by atoms with E-state index in [-0.39, 0.29) is 0 Å². The zero-order valence-electron chi connectivity index (χ0n) is 18.6. The maximum atomic E-state index is 14.6. The number of aryl methyl sites for hydroxylation is 2. The normalized spacial score (nSPS) is 22.4. The lowest BCUT2D eigenvalue weighted by Crippen LogP contribution is -2.29. The average Bonchev–Trinajstić information content (AvgIpc) is 3.30. The van der Waals surface area contributed by atoms with E-state index in [4.69, 9.17) is 5.73 Å². The Bertz CT molecular complexity index is 1290. The molecule has 0 saturated heterocycles. The van der Waals surface area contributed by atoms with Crippen LogP contribution in [0.25, 0.3) is 11.0 Å². The van der Waals surface area contributed by atoms with E-state index in [0.29, 0.717) is 71.5 Å². The molecule has 0 spiro atoms. The van der Waals surface area contributed by atoms with Gasteiger partial charge in [-0.15, -0.1) is 0 Å². The predicted molar refractivity (Wildman–Crippen MR) is 121 cm³/mol. The van der Waals surface area contributed by atoms with E-state index >= 15 is 0 Å². The summed E-state index contributed by atoms with van der Waals surface area (Å²) in [5.41, 5.74) is 9.09. The molecule has 1 aromatic carbocycles. The van der Waals surface area contributed by atoms with E-state index < -0.39 is 36.1 Å². The van der Waals surface area contributed by atoms with Crippen LogP contribution in [-0.4, -0.2) is 43.5 Å². The molecule has 10 heteroatoms. The number of aliphatic hydroxyl groups excluding tert-OH is 2. The third-order valence-corrected chi connectivity index (χ3v) is 6.96. The highest BCUT2D eigenvalue weighted by atomic mass is 19.3. The number of nitrogens with one attached hydrogen (secondary N) is 1. The Labute approximate surface area is 194 Å². The number of benzene rings is 1. The van der Waals surface area contributed by atoms with Gasteiger partial charge in [-0.2, -0.15) is 0 Å². The van der Waals surface area contributed by atoms with Gasteiger partial charge in [-0.1, -0.05) is 6.08 Å². The van der Waals surface area contributed by atoms with Crippen molar-refractivity contribution in [3.8, 4) is 0 Å². The maximum absolute atomic E-state index is 14.6. The van der Waals surface area contributed by atoms with E-state index in [1.54, 1.807) is 10.6 Å². The van der Waals surface area contributed by atoms with Crippen molar-refractivity contribution in [2.75, 3.05) is 12.3 Å². The van der Waals surface area contributed by atoms with Crippen LogP contribution in [0.3, 0.4) is 0 Å². The monoisotopic (exact) mass is 473 g/mol. The Balaban J connectivity index is 1.46. The van der Waals surface area contributed by atoms with Crippen LogP contribution in [0.15, 0.2) is 30.2 Å². The lowest BCUT2D eigenvalue weighted by Gasteiger charge is -2.23. The number of nitrogens with zero attached hydrogens (tertiary/aromatic N) is 3. The van der Waals surface area contributed by atoms with Crippen molar-refractivity contribution in [1.29, 1.82) is 0 Å². The van der Waals surface area contributed by atoms with Gasteiger partial charge in [-0.25, -0.2) is 23.1 Å². The van der Waals surface area contributed by atoms with Gasteiger partial charge in [-0.05, 0) is 66.6 Å². The number of hydrogen-bond acceptors (Lipinski definition) is 6. The lowest BCUT2D eigenvalue weighted by molar-refractivity contribution is 0.0317. The minimum absolute atomic E-state index is 0.336. The quantitative estimate of drug-likeness (QED) is 0.425. The SMILES string of the molecule is Cc1cn(C2C=C(CCc3cc(C(F)F)c(F)c4c3CNCC4)C(O)C2O)c2ncnc(N)c12. The van der Waals surface area contributed by atoms with Crippen LogP contribution in [0.2, 0.25) is 0 Å². The molecule has 34 heavy (non-hydrogen) atoms. The Morgan fingerprint density at radius 2 is 2.03 bits per heavy atom. The molecule has 3 unspecified atom stereocenters. The van der Waals surface area contributed by atoms with Gasteiger partial charge in [0.25, 0.3) is 6.43 Å². The number of rotatable bonds is 5. The molecule has 0 saturated carbocycles. The maximum Gasteiger partial charge on any atom is 0.266 e. The first kappa shape index (κ1) is 22.8. The van der Waals surface area contributed by atoms with E-state index in [9.17, 15) is 23.4 Å². The molecule has 7 nitrogen and oxygen atoms in total. The van der Waals surface area contributed by atoms with Crippen LogP contribution < -0.4 is 11.1 Å². The summed E-state index contributed by atoms with van der Waals surface area (Å²) in [6.07, 6.45) is 0.849. The number of nitrogen functional groups attached to an aromatic ring is 1. The summed E-state index contributed by atoms with van der Waals surface area (Å²) in [7, 11) is 0. The molecule has 1 aliphatic heterocycles. The first-order valence-electron chi connectivity index (χ1n) is 11.2. The first-order valence-corrected chi connectivity index (χ1v) is 11.2. The van der Waals surface area contributed by atoms with E-state index in [0.717, 1.165) is 5.56 Å². The van der Waals surface area contributed by atoms with Crippen molar-refractivity contribution >= 4 is 16.9 Å². The van der Waals surface area contributed by atoms with Crippen LogP contribution in [0.4, 0.5) is 19.0 Å². The Kier molecular flexibility index (Phi) is 5.83. The lowest BCUT2D eigenvalue weighted by atomic mass is 9.89. The number of halogens is 3. The molecular formula is C24H26F3N5O2. The van der Waals surface area contributed by atoms with Gasteiger partial charge >= 0.3 is 0 Å². The van der Waals surface area contributed by atoms with Gasteiger partial charge in [0.15, 0.2) is 0 Å². The number of aromatic nitrogens is 3. The van der Waals surface area contributed by atoms with Crippen LogP contribution >= 0.6 is 0 Å². The number of alkyl halides is 2. The molecule has 5 rings (SSSR count). The van der Waals surface area contributed by atoms with Crippen LogP contribution in [0.5, 0.6) is 0 Å². The standard InChI is InChI=1S/C24H26F3N5O2/c1-11-9-32(24-18(11)23(28)30-10-31-24)17-7-13(20(33)21(17)34)3-2-12-6-15(22(26)27)19(25)14-4-5-29-8-16(12)14/h6-7,9-10,17,20-22,29,33-34H,2-5,8H2,1H3,(H2,28,30,31). The highest BCUT2D eigenvalue weighted by molar-refractivity contribution is 5.89. The molecule has 2 aromatic heterocycles. The molecule has 2 aliphatic rings. The van der Waals surface area contributed by atoms with Gasteiger partial charge in [0.2, 0.25) is 0 Å². The van der Waals surface area contributed by atoms with Crippen LogP contribution in [0, 0.1) is 12.7 Å². The fourth-order valence-electron chi connectivity index (χ4n) is 5.23. The van der Waals surface area contributed by atoms with Crippen molar-refractivity contribution in [3.05, 3.63) is 63.9 Å². The van der Waals surface area contributed by atoms with Gasteiger partial charge < -0.3 is 25.8 Å². The zero-order valence-corrected chi connectivity index (χ0v) is 18.6. The summed E-state index contributed by atoms with van der Waals surface area (Å²) in [5, 5.41) is 25.4.